The molecule has 0 aliphatic heterocycles. The Kier molecular flexibility index (Phi) is 6.13. The van der Waals surface area contributed by atoms with E-state index in [0.717, 1.165) is 28.8 Å². The van der Waals surface area contributed by atoms with Crippen LogP contribution < -0.4 is 10.1 Å². The average Bonchev–Trinajstić information content (AvgIpc) is 3.17. The van der Waals surface area contributed by atoms with Crippen LogP contribution in [-0.4, -0.2) is 29.0 Å². The molecule has 0 unspecified atom stereocenters. The number of hydrogen-bond donors (Lipinski definition) is 1. The Bertz CT molecular complexity index is 940. The van der Waals surface area contributed by atoms with Crippen molar-refractivity contribution in [2.75, 3.05) is 18.2 Å². The highest BCUT2D eigenvalue weighted by Crippen LogP contribution is 2.26. The summed E-state index contributed by atoms with van der Waals surface area (Å²) in [5.41, 5.74) is 3.82. The molecule has 3 aromatic rings. The van der Waals surface area contributed by atoms with E-state index in [-0.39, 0.29) is 11.7 Å². The van der Waals surface area contributed by atoms with Gasteiger partial charge in [-0.1, -0.05) is 43.0 Å². The van der Waals surface area contributed by atoms with Crippen molar-refractivity contribution in [2.45, 2.75) is 25.5 Å². The molecule has 1 heterocycles. The second-order valence-electron chi connectivity index (χ2n) is 5.90. The van der Waals surface area contributed by atoms with Crippen molar-refractivity contribution in [1.82, 2.24) is 10.2 Å². The van der Waals surface area contributed by atoms with Crippen molar-refractivity contribution < 1.29 is 13.9 Å². The summed E-state index contributed by atoms with van der Waals surface area (Å²) < 4.78 is 10.8. The second kappa shape index (κ2) is 8.73. The number of aryl methyl sites for hydroxylation is 2. The maximum absolute atomic E-state index is 12.3. The van der Waals surface area contributed by atoms with E-state index in [2.05, 4.69) is 22.4 Å². The van der Waals surface area contributed by atoms with Gasteiger partial charge in [-0.05, 0) is 42.7 Å². The summed E-state index contributed by atoms with van der Waals surface area (Å²) in [4.78, 5) is 12.3. The van der Waals surface area contributed by atoms with Gasteiger partial charge in [-0.2, -0.15) is 0 Å². The monoisotopic (exact) mass is 383 g/mol. The molecule has 0 spiro atoms. The van der Waals surface area contributed by atoms with Gasteiger partial charge in [0.15, 0.2) is 0 Å². The van der Waals surface area contributed by atoms with Gasteiger partial charge >= 0.3 is 0 Å². The third-order valence-electron chi connectivity index (χ3n) is 4.05. The maximum Gasteiger partial charge on any atom is 0.277 e. The standard InChI is InChI=1S/C20H21N3O3S/c1-4-14-8-5-7-13(2)18(14)21-17(24)12-27-20-23-22-19(26-20)15-9-6-10-16(11-15)25-3/h5-11H,4,12H2,1-3H3,(H,21,24). The van der Waals surface area contributed by atoms with Crippen LogP contribution in [0, 0.1) is 6.92 Å². The topological polar surface area (TPSA) is 77.2 Å². The number of para-hydroxylation sites is 1. The number of thioether (sulfide) groups is 1. The first-order chi connectivity index (χ1) is 13.1. The third-order valence-corrected chi connectivity index (χ3v) is 4.87. The molecule has 0 saturated heterocycles. The summed E-state index contributed by atoms with van der Waals surface area (Å²) in [6.07, 6.45) is 0.859. The SMILES string of the molecule is CCc1cccc(C)c1NC(=O)CSc1nnc(-c2cccc(OC)c2)o1. The zero-order chi connectivity index (χ0) is 19.2. The summed E-state index contributed by atoms with van der Waals surface area (Å²) in [5, 5.41) is 11.4. The van der Waals surface area contributed by atoms with E-state index in [0.29, 0.717) is 16.9 Å². The quantitative estimate of drug-likeness (QED) is 0.611. The van der Waals surface area contributed by atoms with Gasteiger partial charge in [-0.15, -0.1) is 10.2 Å². The van der Waals surface area contributed by atoms with E-state index in [4.69, 9.17) is 9.15 Å². The molecule has 0 aliphatic carbocycles. The molecule has 0 atom stereocenters. The van der Waals surface area contributed by atoms with Gasteiger partial charge in [-0.3, -0.25) is 4.79 Å². The summed E-state index contributed by atoms with van der Waals surface area (Å²) in [5.74, 6) is 1.19. The summed E-state index contributed by atoms with van der Waals surface area (Å²) in [6.45, 7) is 4.05. The molecule has 6 nitrogen and oxygen atoms in total. The Morgan fingerprint density at radius 1 is 1.22 bits per heavy atom. The number of rotatable bonds is 7. The Balaban J connectivity index is 1.62. The van der Waals surface area contributed by atoms with Crippen LogP contribution in [0.3, 0.4) is 0 Å². The highest BCUT2D eigenvalue weighted by atomic mass is 32.2. The zero-order valence-electron chi connectivity index (χ0n) is 15.5. The number of amides is 1. The molecule has 0 bridgehead atoms. The molecule has 1 N–H and O–H groups in total. The van der Waals surface area contributed by atoms with Gasteiger partial charge in [0.25, 0.3) is 5.22 Å². The minimum Gasteiger partial charge on any atom is -0.497 e. The van der Waals surface area contributed by atoms with Gasteiger partial charge in [0, 0.05) is 11.3 Å². The smallest absolute Gasteiger partial charge is 0.277 e. The molecular formula is C20H21N3O3S. The van der Waals surface area contributed by atoms with Crippen molar-refractivity contribution in [2.24, 2.45) is 0 Å². The number of nitrogens with zero attached hydrogens (tertiary/aromatic N) is 2. The van der Waals surface area contributed by atoms with E-state index in [1.807, 2.05) is 49.4 Å². The number of benzene rings is 2. The number of aromatic nitrogens is 2. The molecular weight excluding hydrogens is 362 g/mol. The van der Waals surface area contributed by atoms with E-state index in [9.17, 15) is 4.79 Å². The summed E-state index contributed by atoms with van der Waals surface area (Å²) in [7, 11) is 1.60. The number of ether oxygens (including phenoxy) is 1. The first-order valence-corrected chi connectivity index (χ1v) is 9.58. The Hall–Kier alpha value is -2.80. The molecule has 1 aromatic heterocycles. The van der Waals surface area contributed by atoms with Crippen LogP contribution in [0.1, 0.15) is 18.1 Å². The van der Waals surface area contributed by atoms with Gasteiger partial charge in [0.1, 0.15) is 5.75 Å². The zero-order valence-corrected chi connectivity index (χ0v) is 16.3. The van der Waals surface area contributed by atoms with Crippen molar-refractivity contribution in [3.63, 3.8) is 0 Å². The Morgan fingerprint density at radius 3 is 2.81 bits per heavy atom. The molecule has 140 valence electrons. The predicted molar refractivity (Wildman–Crippen MR) is 106 cm³/mol. The fraction of sp³-hybridized carbons (Fsp3) is 0.250. The lowest BCUT2D eigenvalue weighted by molar-refractivity contribution is -0.113. The van der Waals surface area contributed by atoms with Gasteiger partial charge < -0.3 is 14.5 Å². The van der Waals surface area contributed by atoms with Crippen molar-refractivity contribution >= 4 is 23.4 Å². The number of carbonyl (C=O) groups excluding carboxylic acids is 1. The molecule has 7 heteroatoms. The normalized spacial score (nSPS) is 10.6. The first-order valence-electron chi connectivity index (χ1n) is 8.59. The number of methoxy groups -OCH3 is 1. The van der Waals surface area contributed by atoms with Crippen LogP contribution in [0.2, 0.25) is 0 Å². The summed E-state index contributed by atoms with van der Waals surface area (Å²) in [6, 6.07) is 13.4. The predicted octanol–water partition coefficient (Wildman–Crippen LogP) is 4.35. The van der Waals surface area contributed by atoms with E-state index in [1.54, 1.807) is 7.11 Å². The molecule has 0 radical (unpaired) electrons. The van der Waals surface area contributed by atoms with Crippen LogP contribution in [-0.2, 0) is 11.2 Å². The average molecular weight is 383 g/mol. The third kappa shape index (κ3) is 4.68. The Labute approximate surface area is 162 Å². The minimum absolute atomic E-state index is 0.106. The molecule has 3 rings (SSSR count). The number of anilines is 1. The highest BCUT2D eigenvalue weighted by Gasteiger charge is 2.13. The minimum atomic E-state index is -0.106. The molecule has 0 fully saturated rings. The lowest BCUT2D eigenvalue weighted by Gasteiger charge is -2.12. The molecule has 0 saturated carbocycles. The van der Waals surface area contributed by atoms with E-state index in [1.165, 1.54) is 11.8 Å². The van der Waals surface area contributed by atoms with Crippen molar-refractivity contribution in [1.29, 1.82) is 0 Å². The van der Waals surface area contributed by atoms with Crippen molar-refractivity contribution in [3.05, 3.63) is 53.6 Å². The van der Waals surface area contributed by atoms with Gasteiger partial charge in [0.2, 0.25) is 11.8 Å². The fourth-order valence-corrected chi connectivity index (χ4v) is 3.21. The lowest BCUT2D eigenvalue weighted by Crippen LogP contribution is -2.16. The number of nitrogens with one attached hydrogen (secondary N) is 1. The maximum atomic E-state index is 12.3. The number of hydrogen-bond acceptors (Lipinski definition) is 6. The Morgan fingerprint density at radius 2 is 2.04 bits per heavy atom. The molecule has 2 aromatic carbocycles. The van der Waals surface area contributed by atoms with Crippen molar-refractivity contribution in [3.8, 4) is 17.2 Å². The van der Waals surface area contributed by atoms with Crippen LogP contribution in [0.5, 0.6) is 5.75 Å². The van der Waals surface area contributed by atoms with Crippen LogP contribution >= 0.6 is 11.8 Å². The molecule has 0 aliphatic rings. The largest absolute Gasteiger partial charge is 0.497 e. The summed E-state index contributed by atoms with van der Waals surface area (Å²) >= 11 is 1.21. The van der Waals surface area contributed by atoms with E-state index >= 15 is 0 Å². The van der Waals surface area contributed by atoms with Crippen LogP contribution in [0.4, 0.5) is 5.69 Å². The van der Waals surface area contributed by atoms with Gasteiger partial charge in [-0.25, -0.2) is 0 Å². The molecule has 1 amide bonds. The fourth-order valence-electron chi connectivity index (χ4n) is 2.65. The lowest BCUT2D eigenvalue weighted by atomic mass is 10.1. The van der Waals surface area contributed by atoms with Crippen LogP contribution in [0.15, 0.2) is 52.1 Å². The first kappa shape index (κ1) is 19.0. The highest BCUT2D eigenvalue weighted by molar-refractivity contribution is 7.99. The second-order valence-corrected chi connectivity index (χ2v) is 6.83. The number of carbonyl (C=O) groups is 1. The van der Waals surface area contributed by atoms with Gasteiger partial charge in [0.05, 0.1) is 12.9 Å². The van der Waals surface area contributed by atoms with E-state index < -0.39 is 0 Å². The van der Waals surface area contributed by atoms with Crippen LogP contribution in [0.25, 0.3) is 11.5 Å². The molecule has 27 heavy (non-hydrogen) atoms.